The van der Waals surface area contributed by atoms with Gasteiger partial charge >= 0.3 is 6.18 Å². The molecule has 9 heteroatoms. The average Bonchev–Trinajstić information content (AvgIpc) is 2.86. The van der Waals surface area contributed by atoms with Gasteiger partial charge in [0, 0.05) is 38.9 Å². The molecule has 0 N–H and O–H groups in total. The predicted octanol–water partition coefficient (Wildman–Crippen LogP) is 3.36. The summed E-state index contributed by atoms with van der Waals surface area (Å²) in [6, 6.07) is 5.23. The first kappa shape index (κ1) is 18.6. The van der Waals surface area contributed by atoms with E-state index in [2.05, 4.69) is 5.10 Å². The second-order valence-electron chi connectivity index (χ2n) is 6.20. The van der Waals surface area contributed by atoms with Crippen LogP contribution in [0.25, 0.3) is 0 Å². The number of aryl methyl sites for hydroxylation is 2. The molecule has 26 heavy (non-hydrogen) atoms. The molecule has 0 spiro atoms. The standard InChI is InChI=1S/C17H18ClF3N4O/c1-11-14(18)15(23(2)22-11)16(26)25-8-6-24(7-9-25)13-5-3-4-12(10-13)17(19,20)21/h3-5,10H,6-9H2,1-2H3. The molecule has 1 fully saturated rings. The number of nitrogens with zero attached hydrogens (tertiary/aromatic N) is 4. The van der Waals surface area contributed by atoms with Crippen LogP contribution in [-0.2, 0) is 13.2 Å². The summed E-state index contributed by atoms with van der Waals surface area (Å²) in [5.41, 5.74) is 0.740. The number of alkyl halides is 3. The summed E-state index contributed by atoms with van der Waals surface area (Å²) in [6.45, 7) is 3.42. The quantitative estimate of drug-likeness (QED) is 0.794. The Hall–Kier alpha value is -2.22. The van der Waals surface area contributed by atoms with E-state index in [4.69, 9.17) is 11.6 Å². The molecule has 1 aromatic carbocycles. The van der Waals surface area contributed by atoms with Crippen LogP contribution < -0.4 is 4.90 Å². The molecule has 1 aromatic heterocycles. The second kappa shape index (κ2) is 6.83. The largest absolute Gasteiger partial charge is 0.416 e. The molecule has 0 radical (unpaired) electrons. The summed E-state index contributed by atoms with van der Waals surface area (Å²) >= 11 is 6.17. The Morgan fingerprint density at radius 1 is 1.19 bits per heavy atom. The highest BCUT2D eigenvalue weighted by atomic mass is 35.5. The molecule has 0 aliphatic carbocycles. The van der Waals surface area contributed by atoms with Crippen molar-refractivity contribution in [3.8, 4) is 0 Å². The lowest BCUT2D eigenvalue weighted by Crippen LogP contribution is -2.49. The molecular weight excluding hydrogens is 369 g/mol. The Morgan fingerprint density at radius 3 is 2.38 bits per heavy atom. The van der Waals surface area contributed by atoms with Crippen molar-refractivity contribution < 1.29 is 18.0 Å². The highest BCUT2D eigenvalue weighted by Gasteiger charge is 2.32. The molecule has 3 rings (SSSR count). The molecule has 1 aliphatic heterocycles. The molecule has 1 saturated heterocycles. The number of hydrogen-bond acceptors (Lipinski definition) is 3. The SMILES string of the molecule is Cc1nn(C)c(C(=O)N2CCN(c3cccc(C(F)(F)F)c3)CC2)c1Cl. The van der Waals surface area contributed by atoms with Crippen LogP contribution in [0.5, 0.6) is 0 Å². The summed E-state index contributed by atoms with van der Waals surface area (Å²) in [5.74, 6) is -0.221. The van der Waals surface area contributed by atoms with Gasteiger partial charge in [0.05, 0.1) is 16.3 Å². The van der Waals surface area contributed by atoms with Crippen LogP contribution in [0.3, 0.4) is 0 Å². The summed E-state index contributed by atoms with van der Waals surface area (Å²) in [7, 11) is 1.66. The number of piperazine rings is 1. The Morgan fingerprint density at radius 2 is 1.85 bits per heavy atom. The minimum absolute atomic E-state index is 0.221. The van der Waals surface area contributed by atoms with Crippen molar-refractivity contribution in [1.82, 2.24) is 14.7 Å². The molecule has 1 aliphatic rings. The number of carbonyl (C=O) groups is 1. The summed E-state index contributed by atoms with van der Waals surface area (Å²) in [6.07, 6.45) is -4.37. The van der Waals surface area contributed by atoms with Crippen LogP contribution in [0.15, 0.2) is 24.3 Å². The number of halogens is 4. The van der Waals surface area contributed by atoms with Crippen molar-refractivity contribution in [3.63, 3.8) is 0 Å². The van der Waals surface area contributed by atoms with E-state index >= 15 is 0 Å². The van der Waals surface area contributed by atoms with Crippen LogP contribution in [0.4, 0.5) is 18.9 Å². The number of benzene rings is 1. The van der Waals surface area contributed by atoms with Gasteiger partial charge in [-0.25, -0.2) is 0 Å². The average molecular weight is 387 g/mol. The molecule has 140 valence electrons. The summed E-state index contributed by atoms with van der Waals surface area (Å²) < 4.78 is 40.1. The van der Waals surface area contributed by atoms with Gasteiger partial charge in [-0.3, -0.25) is 9.48 Å². The van der Waals surface area contributed by atoms with Crippen molar-refractivity contribution in [3.05, 3.63) is 46.2 Å². The van der Waals surface area contributed by atoms with Crippen molar-refractivity contribution in [2.75, 3.05) is 31.1 Å². The van der Waals surface area contributed by atoms with Crippen molar-refractivity contribution in [1.29, 1.82) is 0 Å². The number of carbonyl (C=O) groups excluding carboxylic acids is 1. The van der Waals surface area contributed by atoms with Crippen LogP contribution >= 0.6 is 11.6 Å². The molecule has 5 nitrogen and oxygen atoms in total. The van der Waals surface area contributed by atoms with Gasteiger partial charge in [0.25, 0.3) is 5.91 Å². The predicted molar refractivity (Wildman–Crippen MR) is 92.5 cm³/mol. The fourth-order valence-corrected chi connectivity index (χ4v) is 3.30. The van der Waals surface area contributed by atoms with Gasteiger partial charge in [0.15, 0.2) is 0 Å². The first-order valence-corrected chi connectivity index (χ1v) is 8.47. The van der Waals surface area contributed by atoms with E-state index < -0.39 is 11.7 Å². The summed E-state index contributed by atoms with van der Waals surface area (Å²) in [4.78, 5) is 16.2. The van der Waals surface area contributed by atoms with E-state index in [1.165, 1.54) is 10.7 Å². The van der Waals surface area contributed by atoms with E-state index in [1.807, 2.05) is 4.90 Å². The third-order valence-electron chi connectivity index (χ3n) is 4.46. The zero-order chi connectivity index (χ0) is 19.1. The van der Waals surface area contributed by atoms with Gasteiger partial charge in [-0.05, 0) is 25.1 Å². The number of rotatable bonds is 2. The zero-order valence-electron chi connectivity index (χ0n) is 14.3. The maximum absolute atomic E-state index is 12.9. The lowest BCUT2D eigenvalue weighted by Gasteiger charge is -2.36. The minimum atomic E-state index is -4.37. The van der Waals surface area contributed by atoms with Crippen molar-refractivity contribution >= 4 is 23.2 Å². The normalized spacial score (nSPS) is 15.5. The second-order valence-corrected chi connectivity index (χ2v) is 6.58. The van der Waals surface area contributed by atoms with Gasteiger partial charge in [-0.2, -0.15) is 18.3 Å². The molecule has 0 atom stereocenters. The van der Waals surface area contributed by atoms with Crippen LogP contribution in [0.1, 0.15) is 21.7 Å². The minimum Gasteiger partial charge on any atom is -0.368 e. The van der Waals surface area contributed by atoms with Crippen molar-refractivity contribution in [2.24, 2.45) is 7.05 Å². The van der Waals surface area contributed by atoms with E-state index in [0.29, 0.717) is 48.3 Å². The maximum Gasteiger partial charge on any atom is 0.416 e. The first-order valence-electron chi connectivity index (χ1n) is 8.09. The van der Waals surface area contributed by atoms with Crippen LogP contribution in [0.2, 0.25) is 5.02 Å². The number of hydrogen-bond donors (Lipinski definition) is 0. The van der Waals surface area contributed by atoms with Gasteiger partial charge in [0.1, 0.15) is 5.69 Å². The van der Waals surface area contributed by atoms with Crippen LogP contribution in [0, 0.1) is 6.92 Å². The topological polar surface area (TPSA) is 41.4 Å². The Bertz CT molecular complexity index is 826. The number of aromatic nitrogens is 2. The Kier molecular flexibility index (Phi) is 4.88. The third kappa shape index (κ3) is 3.51. The Balaban J connectivity index is 1.71. The first-order chi connectivity index (χ1) is 12.2. The summed E-state index contributed by atoms with van der Waals surface area (Å²) in [5, 5.41) is 4.47. The lowest BCUT2D eigenvalue weighted by atomic mass is 10.1. The maximum atomic E-state index is 12.9. The molecule has 2 aromatic rings. The van der Waals surface area contributed by atoms with Crippen LogP contribution in [-0.4, -0.2) is 46.8 Å². The van der Waals surface area contributed by atoms with Gasteiger partial charge < -0.3 is 9.80 Å². The monoisotopic (exact) mass is 386 g/mol. The smallest absolute Gasteiger partial charge is 0.368 e. The molecule has 0 saturated carbocycles. The fourth-order valence-electron chi connectivity index (χ4n) is 3.06. The van der Waals surface area contributed by atoms with E-state index in [1.54, 1.807) is 24.9 Å². The Labute approximate surface area is 153 Å². The molecule has 2 heterocycles. The lowest BCUT2D eigenvalue weighted by molar-refractivity contribution is -0.137. The molecule has 1 amide bonds. The highest BCUT2D eigenvalue weighted by Crippen LogP contribution is 2.32. The van der Waals surface area contributed by atoms with E-state index in [-0.39, 0.29) is 5.91 Å². The molecular formula is C17H18ClF3N4O. The van der Waals surface area contributed by atoms with E-state index in [0.717, 1.165) is 12.1 Å². The molecule has 0 bridgehead atoms. The van der Waals surface area contributed by atoms with Crippen molar-refractivity contribution in [2.45, 2.75) is 13.1 Å². The van der Waals surface area contributed by atoms with Gasteiger partial charge in [0.2, 0.25) is 0 Å². The van der Waals surface area contributed by atoms with Gasteiger partial charge in [-0.15, -0.1) is 0 Å². The number of amides is 1. The fraction of sp³-hybridized carbons (Fsp3) is 0.412. The highest BCUT2D eigenvalue weighted by molar-refractivity contribution is 6.34. The third-order valence-corrected chi connectivity index (χ3v) is 4.91. The molecule has 0 unspecified atom stereocenters. The van der Waals surface area contributed by atoms with Gasteiger partial charge in [-0.1, -0.05) is 17.7 Å². The van der Waals surface area contributed by atoms with E-state index in [9.17, 15) is 18.0 Å². The number of anilines is 1. The zero-order valence-corrected chi connectivity index (χ0v) is 15.1.